The fourth-order valence-corrected chi connectivity index (χ4v) is 1.95. The van der Waals surface area contributed by atoms with E-state index in [4.69, 9.17) is 4.74 Å². The Morgan fingerprint density at radius 3 is 2.68 bits per heavy atom. The largest absolute Gasteiger partial charge is 0.494 e. The van der Waals surface area contributed by atoms with Crippen molar-refractivity contribution >= 4 is 0 Å². The first kappa shape index (κ1) is 13.5. The van der Waals surface area contributed by atoms with E-state index < -0.39 is 11.9 Å². The fraction of sp³-hybridized carbons (Fsp3) is 0.267. The summed E-state index contributed by atoms with van der Waals surface area (Å²) in [5.74, 6) is -0.340. The maximum absolute atomic E-state index is 14.0. The van der Waals surface area contributed by atoms with Crippen molar-refractivity contribution in [2.75, 3.05) is 7.11 Å². The van der Waals surface area contributed by atoms with Gasteiger partial charge in [-0.15, -0.1) is 0 Å². The smallest absolute Gasteiger partial charge is 0.170 e. The van der Waals surface area contributed by atoms with Crippen LogP contribution in [0, 0.1) is 5.82 Å². The molecule has 0 saturated carbocycles. The fourth-order valence-electron chi connectivity index (χ4n) is 1.95. The highest BCUT2D eigenvalue weighted by molar-refractivity contribution is 5.32. The molecule has 1 atom stereocenters. The number of aromatic nitrogens is 1. The van der Waals surface area contributed by atoms with Crippen LogP contribution in [0.4, 0.5) is 4.39 Å². The Bertz CT molecular complexity index is 531. The number of pyridine rings is 1. The van der Waals surface area contributed by atoms with Crippen LogP contribution in [0.15, 0.2) is 42.7 Å². The number of nitrogens with zero attached hydrogens (tertiary/aromatic N) is 1. The van der Waals surface area contributed by atoms with Crippen LogP contribution in [0.1, 0.15) is 23.7 Å². The third-order valence-electron chi connectivity index (χ3n) is 3.03. The molecule has 1 aromatic carbocycles. The first-order valence-corrected chi connectivity index (χ1v) is 6.11. The van der Waals surface area contributed by atoms with Crippen molar-refractivity contribution in [2.24, 2.45) is 0 Å². The Morgan fingerprint density at radius 1 is 1.26 bits per heavy atom. The van der Waals surface area contributed by atoms with Crippen LogP contribution in [0.25, 0.3) is 0 Å². The van der Waals surface area contributed by atoms with Gasteiger partial charge in [0.2, 0.25) is 0 Å². The van der Waals surface area contributed by atoms with E-state index in [0.29, 0.717) is 12.8 Å². The molecule has 0 aliphatic rings. The number of rotatable bonds is 5. The molecule has 0 radical (unpaired) electrons. The van der Waals surface area contributed by atoms with E-state index >= 15 is 0 Å². The number of halogens is 1. The van der Waals surface area contributed by atoms with Crippen molar-refractivity contribution in [2.45, 2.75) is 18.9 Å². The number of aliphatic hydroxyl groups is 1. The summed E-state index contributed by atoms with van der Waals surface area (Å²) in [6.07, 6.45) is 3.68. The van der Waals surface area contributed by atoms with Crippen LogP contribution < -0.4 is 4.74 Å². The number of methoxy groups -OCH3 is 1. The zero-order chi connectivity index (χ0) is 13.7. The van der Waals surface area contributed by atoms with Gasteiger partial charge in [-0.2, -0.15) is 0 Å². The van der Waals surface area contributed by atoms with Crippen molar-refractivity contribution in [1.82, 2.24) is 4.98 Å². The average molecular weight is 261 g/mol. The number of aryl methyl sites for hydroxylation is 1. The van der Waals surface area contributed by atoms with Gasteiger partial charge in [-0.05, 0) is 36.6 Å². The highest BCUT2D eigenvalue weighted by Gasteiger charge is 2.15. The van der Waals surface area contributed by atoms with Gasteiger partial charge in [0.15, 0.2) is 11.6 Å². The minimum Gasteiger partial charge on any atom is -0.494 e. The van der Waals surface area contributed by atoms with E-state index in [1.54, 1.807) is 24.5 Å². The Morgan fingerprint density at radius 2 is 2.00 bits per heavy atom. The number of ether oxygens (including phenoxy) is 1. The predicted octanol–water partition coefficient (Wildman–Crippen LogP) is 2.90. The van der Waals surface area contributed by atoms with Gasteiger partial charge < -0.3 is 9.84 Å². The third-order valence-corrected chi connectivity index (χ3v) is 3.03. The predicted molar refractivity (Wildman–Crippen MR) is 70.5 cm³/mol. The molecule has 0 saturated heterocycles. The van der Waals surface area contributed by atoms with Crippen LogP contribution in [-0.2, 0) is 6.42 Å². The first-order valence-electron chi connectivity index (χ1n) is 6.11. The van der Waals surface area contributed by atoms with E-state index in [1.165, 1.54) is 13.2 Å². The van der Waals surface area contributed by atoms with Gasteiger partial charge in [0.05, 0.1) is 13.2 Å². The molecule has 0 aliphatic heterocycles. The van der Waals surface area contributed by atoms with E-state index in [9.17, 15) is 9.50 Å². The van der Waals surface area contributed by atoms with Crippen LogP contribution in [-0.4, -0.2) is 17.2 Å². The lowest BCUT2D eigenvalue weighted by Crippen LogP contribution is -2.04. The highest BCUT2D eigenvalue weighted by Crippen LogP contribution is 2.27. The molecule has 0 amide bonds. The SMILES string of the molecule is COc1cccc(C(O)CCc2ccncc2)c1F. The molecule has 1 unspecified atom stereocenters. The standard InChI is InChI=1S/C15H16FNO2/c1-19-14-4-2-3-12(15(14)16)13(18)6-5-11-7-9-17-10-8-11/h2-4,7-10,13,18H,5-6H2,1H3. The Kier molecular flexibility index (Phi) is 4.47. The molecule has 0 bridgehead atoms. The zero-order valence-corrected chi connectivity index (χ0v) is 10.7. The van der Waals surface area contributed by atoms with Crippen LogP contribution in [0.2, 0.25) is 0 Å². The second kappa shape index (κ2) is 6.29. The maximum Gasteiger partial charge on any atom is 0.170 e. The quantitative estimate of drug-likeness (QED) is 0.899. The van der Waals surface area contributed by atoms with Gasteiger partial charge in [-0.3, -0.25) is 4.98 Å². The van der Waals surface area contributed by atoms with Gasteiger partial charge in [0.25, 0.3) is 0 Å². The molecule has 1 aromatic heterocycles. The molecule has 1 heterocycles. The first-order chi connectivity index (χ1) is 9.22. The Labute approximate surface area is 111 Å². The molecule has 19 heavy (non-hydrogen) atoms. The van der Waals surface area contributed by atoms with Gasteiger partial charge in [-0.25, -0.2) is 4.39 Å². The third kappa shape index (κ3) is 3.29. The Balaban J connectivity index is 2.06. The lowest BCUT2D eigenvalue weighted by molar-refractivity contribution is 0.162. The van der Waals surface area contributed by atoms with Crippen molar-refractivity contribution in [3.8, 4) is 5.75 Å². The normalized spacial score (nSPS) is 12.2. The Hall–Kier alpha value is -1.94. The monoisotopic (exact) mass is 261 g/mol. The molecule has 100 valence electrons. The molecule has 2 rings (SSSR count). The van der Waals surface area contributed by atoms with Crippen molar-refractivity contribution < 1.29 is 14.2 Å². The minimum atomic E-state index is -0.844. The van der Waals surface area contributed by atoms with Crippen molar-refractivity contribution in [1.29, 1.82) is 0 Å². The number of hydrogen-bond donors (Lipinski definition) is 1. The summed E-state index contributed by atoms with van der Waals surface area (Å²) in [5.41, 5.74) is 1.34. The second-order valence-electron chi connectivity index (χ2n) is 4.27. The van der Waals surface area contributed by atoms with Crippen LogP contribution in [0.5, 0.6) is 5.75 Å². The molecule has 3 nitrogen and oxygen atoms in total. The van der Waals surface area contributed by atoms with Crippen LogP contribution >= 0.6 is 0 Å². The minimum absolute atomic E-state index is 0.153. The molecule has 1 N–H and O–H groups in total. The van der Waals surface area contributed by atoms with E-state index in [0.717, 1.165) is 5.56 Å². The van der Waals surface area contributed by atoms with E-state index in [1.807, 2.05) is 12.1 Å². The second-order valence-corrected chi connectivity index (χ2v) is 4.27. The number of hydrogen-bond acceptors (Lipinski definition) is 3. The molecule has 0 aliphatic carbocycles. The highest BCUT2D eigenvalue weighted by atomic mass is 19.1. The van der Waals surface area contributed by atoms with Gasteiger partial charge in [0.1, 0.15) is 0 Å². The summed E-state index contributed by atoms with van der Waals surface area (Å²) >= 11 is 0. The van der Waals surface area contributed by atoms with E-state index in [-0.39, 0.29) is 11.3 Å². The van der Waals surface area contributed by atoms with Gasteiger partial charge >= 0.3 is 0 Å². The van der Waals surface area contributed by atoms with Gasteiger partial charge in [-0.1, -0.05) is 12.1 Å². The zero-order valence-electron chi connectivity index (χ0n) is 10.7. The average Bonchev–Trinajstić information content (AvgIpc) is 2.46. The summed E-state index contributed by atoms with van der Waals surface area (Å²) in [6.45, 7) is 0. The lowest BCUT2D eigenvalue weighted by atomic mass is 10.0. The summed E-state index contributed by atoms with van der Waals surface area (Å²) < 4.78 is 18.9. The maximum atomic E-state index is 14.0. The summed E-state index contributed by atoms with van der Waals surface area (Å²) in [6, 6.07) is 8.56. The summed E-state index contributed by atoms with van der Waals surface area (Å²) in [4.78, 5) is 3.93. The van der Waals surface area contributed by atoms with Gasteiger partial charge in [0, 0.05) is 18.0 Å². The van der Waals surface area contributed by atoms with E-state index in [2.05, 4.69) is 4.98 Å². The lowest BCUT2D eigenvalue weighted by Gasteiger charge is -2.13. The number of aliphatic hydroxyl groups excluding tert-OH is 1. The molecule has 2 aromatic rings. The van der Waals surface area contributed by atoms with Crippen molar-refractivity contribution in [3.05, 3.63) is 59.7 Å². The molecular formula is C15H16FNO2. The molecule has 0 spiro atoms. The molecular weight excluding hydrogens is 245 g/mol. The number of benzene rings is 1. The summed E-state index contributed by atoms with van der Waals surface area (Å²) in [5, 5.41) is 10.1. The topological polar surface area (TPSA) is 42.4 Å². The molecule has 0 fully saturated rings. The van der Waals surface area contributed by atoms with Crippen LogP contribution in [0.3, 0.4) is 0 Å². The molecule has 4 heteroatoms. The summed E-state index contributed by atoms with van der Waals surface area (Å²) in [7, 11) is 1.41. The van der Waals surface area contributed by atoms with Crippen molar-refractivity contribution in [3.63, 3.8) is 0 Å².